The zero-order valence-electron chi connectivity index (χ0n) is 21.7. The molecule has 5 aromatic carbocycles. The Morgan fingerprint density at radius 1 is 0.590 bits per heavy atom. The molecule has 3 nitrogen and oxygen atoms in total. The summed E-state index contributed by atoms with van der Waals surface area (Å²) in [5.74, 6) is -0.143. The van der Waals surface area contributed by atoms with Gasteiger partial charge in [-0.2, -0.15) is 0 Å². The molecule has 39 heavy (non-hydrogen) atoms. The van der Waals surface area contributed by atoms with Crippen LogP contribution in [0.2, 0.25) is 0 Å². The summed E-state index contributed by atoms with van der Waals surface area (Å²) in [4.78, 5) is 14.4. The van der Waals surface area contributed by atoms with Crippen LogP contribution >= 0.6 is 7.14 Å². The molecule has 0 amide bonds. The highest BCUT2D eigenvalue weighted by atomic mass is 31.2. The minimum Gasteiger partial charge on any atom is -0.369 e. The minimum atomic E-state index is -3.46. The van der Waals surface area contributed by atoms with Crippen molar-refractivity contribution in [2.75, 3.05) is 0 Å². The number of hydrogen-bond donors (Lipinski definition) is 0. The van der Waals surface area contributed by atoms with E-state index in [-0.39, 0.29) is 12.2 Å². The van der Waals surface area contributed by atoms with E-state index in [4.69, 9.17) is 4.74 Å². The Bertz CT molecular complexity index is 1460. The SMILES string of the molecule is O=C(c1ccccc1)[C@@H](C[C@@H](OCc1ccccc1)c1ccccc1)P(=O)(c1ccccc1)c1ccccc1. The zero-order chi connectivity index (χ0) is 26.9. The molecular weight excluding hydrogens is 499 g/mol. The number of carbonyl (C=O) groups is 1. The summed E-state index contributed by atoms with van der Waals surface area (Å²) >= 11 is 0. The summed E-state index contributed by atoms with van der Waals surface area (Å²) in [6.07, 6.45) is -0.170. The summed E-state index contributed by atoms with van der Waals surface area (Å²) in [6.45, 7) is 0.383. The molecule has 0 aliphatic rings. The third-order valence-electron chi connectivity index (χ3n) is 6.98. The summed E-state index contributed by atoms with van der Waals surface area (Å²) < 4.78 is 22.0. The van der Waals surface area contributed by atoms with E-state index in [0.29, 0.717) is 22.8 Å². The highest BCUT2D eigenvalue weighted by Crippen LogP contribution is 2.53. The Morgan fingerprint density at radius 3 is 1.54 bits per heavy atom. The maximum absolute atomic E-state index is 15.5. The average Bonchev–Trinajstić information content (AvgIpc) is 3.03. The molecule has 5 rings (SSSR count). The topological polar surface area (TPSA) is 43.4 Å². The molecule has 5 aromatic rings. The molecule has 0 aromatic heterocycles. The molecule has 0 aliphatic carbocycles. The van der Waals surface area contributed by atoms with Crippen LogP contribution in [0.25, 0.3) is 0 Å². The Morgan fingerprint density at radius 2 is 1.03 bits per heavy atom. The second kappa shape index (κ2) is 12.7. The molecular formula is C35H31O3P. The van der Waals surface area contributed by atoms with Crippen molar-refractivity contribution < 1.29 is 14.1 Å². The van der Waals surface area contributed by atoms with Crippen LogP contribution in [0.15, 0.2) is 152 Å². The van der Waals surface area contributed by atoms with Crippen molar-refractivity contribution in [3.05, 3.63) is 168 Å². The molecule has 0 heterocycles. The fourth-order valence-corrected chi connectivity index (χ4v) is 8.18. The number of hydrogen-bond acceptors (Lipinski definition) is 3. The maximum Gasteiger partial charge on any atom is 0.174 e. The van der Waals surface area contributed by atoms with Gasteiger partial charge < -0.3 is 9.30 Å². The number of benzene rings is 5. The third-order valence-corrected chi connectivity index (χ3v) is 10.4. The lowest BCUT2D eigenvalue weighted by Gasteiger charge is -2.31. The molecule has 2 atom stereocenters. The molecule has 0 bridgehead atoms. The molecule has 0 N–H and O–H groups in total. The van der Waals surface area contributed by atoms with Crippen molar-refractivity contribution in [1.29, 1.82) is 0 Å². The molecule has 194 valence electrons. The number of ketones is 1. The predicted molar refractivity (Wildman–Crippen MR) is 159 cm³/mol. The van der Waals surface area contributed by atoms with Crippen LogP contribution in [0.5, 0.6) is 0 Å². The lowest BCUT2D eigenvalue weighted by molar-refractivity contribution is 0.0327. The van der Waals surface area contributed by atoms with E-state index in [9.17, 15) is 4.79 Å². The van der Waals surface area contributed by atoms with Crippen molar-refractivity contribution >= 4 is 23.5 Å². The van der Waals surface area contributed by atoms with Crippen LogP contribution in [0, 0.1) is 0 Å². The van der Waals surface area contributed by atoms with E-state index < -0.39 is 18.9 Å². The quantitative estimate of drug-likeness (QED) is 0.130. The van der Waals surface area contributed by atoms with Gasteiger partial charge >= 0.3 is 0 Å². The average molecular weight is 531 g/mol. The third kappa shape index (κ3) is 6.17. The van der Waals surface area contributed by atoms with Gasteiger partial charge in [0.05, 0.1) is 18.4 Å². The van der Waals surface area contributed by atoms with Gasteiger partial charge in [0.1, 0.15) is 0 Å². The zero-order valence-corrected chi connectivity index (χ0v) is 22.6. The first-order valence-corrected chi connectivity index (χ1v) is 14.9. The standard InChI is InChI=1S/C35H31O3P/c36-35(30-20-10-3-11-21-30)34(39(37,31-22-12-4-13-23-31)32-24-14-5-15-25-32)26-33(29-18-8-2-9-19-29)38-27-28-16-6-1-7-17-28/h1-25,33-34H,26-27H2/t33-,34-/m1/s1. The van der Waals surface area contributed by atoms with Gasteiger partial charge in [0.25, 0.3) is 0 Å². The van der Waals surface area contributed by atoms with E-state index in [1.165, 1.54) is 0 Å². The number of ether oxygens (including phenoxy) is 1. The molecule has 0 fully saturated rings. The van der Waals surface area contributed by atoms with Crippen LogP contribution in [0.4, 0.5) is 0 Å². The summed E-state index contributed by atoms with van der Waals surface area (Å²) in [7, 11) is -3.46. The van der Waals surface area contributed by atoms with E-state index in [1.807, 2.05) is 140 Å². The van der Waals surface area contributed by atoms with Gasteiger partial charge in [-0.05, 0) is 17.5 Å². The monoisotopic (exact) mass is 530 g/mol. The van der Waals surface area contributed by atoms with Gasteiger partial charge in [-0.15, -0.1) is 0 Å². The molecule has 0 spiro atoms. The van der Waals surface area contributed by atoms with Gasteiger partial charge in [-0.25, -0.2) is 0 Å². The first-order chi connectivity index (χ1) is 19.2. The highest BCUT2D eigenvalue weighted by molar-refractivity contribution is 7.80. The van der Waals surface area contributed by atoms with Gasteiger partial charge in [0.2, 0.25) is 0 Å². The lowest BCUT2D eigenvalue weighted by Crippen LogP contribution is -2.33. The lowest BCUT2D eigenvalue weighted by atomic mass is 9.99. The maximum atomic E-state index is 15.5. The van der Waals surface area contributed by atoms with Gasteiger partial charge in [0, 0.05) is 16.2 Å². The fraction of sp³-hybridized carbons (Fsp3) is 0.114. The van der Waals surface area contributed by atoms with Crippen LogP contribution in [-0.4, -0.2) is 11.4 Å². The molecule has 0 radical (unpaired) electrons. The van der Waals surface area contributed by atoms with E-state index in [1.54, 1.807) is 12.1 Å². The number of rotatable bonds is 11. The second-order valence-electron chi connectivity index (χ2n) is 9.51. The smallest absolute Gasteiger partial charge is 0.174 e. The molecule has 0 unspecified atom stereocenters. The second-order valence-corrected chi connectivity index (χ2v) is 12.5. The van der Waals surface area contributed by atoms with Crippen LogP contribution in [0.1, 0.15) is 34.0 Å². The Labute approximate surface area is 230 Å². The van der Waals surface area contributed by atoms with Crippen molar-refractivity contribution in [1.82, 2.24) is 0 Å². The molecule has 0 saturated heterocycles. The largest absolute Gasteiger partial charge is 0.369 e. The van der Waals surface area contributed by atoms with E-state index in [0.717, 1.165) is 11.1 Å². The summed E-state index contributed by atoms with van der Waals surface area (Å²) in [5, 5.41) is 1.33. The Balaban J connectivity index is 1.63. The Kier molecular flexibility index (Phi) is 8.63. The van der Waals surface area contributed by atoms with Gasteiger partial charge in [0.15, 0.2) is 12.9 Å². The normalized spacial score (nSPS) is 12.9. The van der Waals surface area contributed by atoms with E-state index >= 15 is 4.57 Å². The summed E-state index contributed by atoms with van der Waals surface area (Å²) in [5.41, 5.74) is 1.71. The molecule has 0 saturated carbocycles. The van der Waals surface area contributed by atoms with Gasteiger partial charge in [-0.3, -0.25) is 4.79 Å². The van der Waals surface area contributed by atoms with Gasteiger partial charge in [-0.1, -0.05) is 152 Å². The first kappa shape index (κ1) is 26.6. The van der Waals surface area contributed by atoms with Crippen LogP contribution < -0.4 is 10.6 Å². The van der Waals surface area contributed by atoms with Crippen molar-refractivity contribution in [2.45, 2.75) is 24.8 Å². The minimum absolute atomic E-state index is 0.143. The first-order valence-electron chi connectivity index (χ1n) is 13.2. The fourth-order valence-electron chi connectivity index (χ4n) is 4.97. The number of Topliss-reactive ketones (excluding diaryl/α,β-unsaturated/α-hetero) is 1. The summed E-state index contributed by atoms with van der Waals surface area (Å²) in [6, 6.07) is 47.9. The predicted octanol–water partition coefficient (Wildman–Crippen LogP) is 7.60. The van der Waals surface area contributed by atoms with Crippen molar-refractivity contribution in [3.8, 4) is 0 Å². The molecule has 4 heteroatoms. The Hall–Kier alpha value is -4.04. The van der Waals surface area contributed by atoms with Crippen molar-refractivity contribution in [2.24, 2.45) is 0 Å². The number of carbonyl (C=O) groups excluding carboxylic acids is 1. The highest BCUT2D eigenvalue weighted by Gasteiger charge is 2.43. The van der Waals surface area contributed by atoms with Crippen molar-refractivity contribution in [3.63, 3.8) is 0 Å². The van der Waals surface area contributed by atoms with Crippen LogP contribution in [-0.2, 0) is 15.9 Å². The van der Waals surface area contributed by atoms with E-state index in [2.05, 4.69) is 0 Å². The van der Waals surface area contributed by atoms with Crippen LogP contribution in [0.3, 0.4) is 0 Å². The molecule has 0 aliphatic heterocycles.